The lowest BCUT2D eigenvalue weighted by Crippen LogP contribution is -2.43. The highest BCUT2D eigenvalue weighted by Crippen LogP contribution is 2.26. The highest BCUT2D eigenvalue weighted by atomic mass is 16.5. The van der Waals surface area contributed by atoms with Crippen LogP contribution in [0, 0.1) is 0 Å². The fourth-order valence-electron chi connectivity index (χ4n) is 4.08. The van der Waals surface area contributed by atoms with Gasteiger partial charge in [-0.3, -0.25) is 9.59 Å². The van der Waals surface area contributed by atoms with Crippen LogP contribution in [0.4, 0.5) is 0 Å². The van der Waals surface area contributed by atoms with Gasteiger partial charge in [0, 0.05) is 19.5 Å². The first-order valence-corrected chi connectivity index (χ1v) is 12.4. The van der Waals surface area contributed by atoms with Crippen LogP contribution in [-0.2, 0) is 22.6 Å². The summed E-state index contributed by atoms with van der Waals surface area (Å²) >= 11 is 0. The number of nitrogens with one attached hydrogen (secondary N) is 1. The minimum absolute atomic E-state index is 0.0535. The number of rotatable bonds is 13. The Bertz CT molecular complexity index is 1040. The number of amides is 2. The van der Waals surface area contributed by atoms with Crippen LogP contribution in [0.5, 0.6) is 5.75 Å². The SMILES string of the molecule is CCCCCNC(=O)[C@H](c1ccccc1)N(Cc1ccc(OC)cc1)C(=O)CCc1ccccc1. The second kappa shape index (κ2) is 14.0. The predicted octanol–water partition coefficient (Wildman–Crippen LogP) is 5.70. The van der Waals surface area contributed by atoms with Crippen molar-refractivity contribution in [3.05, 3.63) is 102 Å². The van der Waals surface area contributed by atoms with Crippen molar-refractivity contribution in [1.82, 2.24) is 10.2 Å². The number of hydrogen-bond acceptors (Lipinski definition) is 3. The molecule has 0 aromatic heterocycles. The number of carbonyl (C=O) groups is 2. The van der Waals surface area contributed by atoms with Crippen LogP contribution in [0.2, 0.25) is 0 Å². The van der Waals surface area contributed by atoms with Crippen molar-refractivity contribution in [3.63, 3.8) is 0 Å². The van der Waals surface area contributed by atoms with E-state index in [1.54, 1.807) is 12.0 Å². The fraction of sp³-hybridized carbons (Fsp3) is 0.333. The van der Waals surface area contributed by atoms with Gasteiger partial charge >= 0.3 is 0 Å². The summed E-state index contributed by atoms with van der Waals surface area (Å²) in [7, 11) is 1.63. The maximum Gasteiger partial charge on any atom is 0.247 e. The molecule has 1 N–H and O–H groups in total. The number of aryl methyl sites for hydroxylation is 1. The van der Waals surface area contributed by atoms with Gasteiger partial charge in [-0.25, -0.2) is 0 Å². The minimum Gasteiger partial charge on any atom is -0.497 e. The van der Waals surface area contributed by atoms with Gasteiger partial charge in [-0.15, -0.1) is 0 Å². The maximum absolute atomic E-state index is 13.7. The molecule has 1 atom stereocenters. The van der Waals surface area contributed by atoms with E-state index in [1.807, 2.05) is 84.9 Å². The molecule has 0 heterocycles. The number of carbonyl (C=O) groups excluding carboxylic acids is 2. The van der Waals surface area contributed by atoms with E-state index >= 15 is 0 Å². The molecule has 5 heteroatoms. The van der Waals surface area contributed by atoms with E-state index in [9.17, 15) is 9.59 Å². The molecule has 0 aliphatic carbocycles. The number of nitrogens with zero attached hydrogens (tertiary/aromatic N) is 1. The van der Waals surface area contributed by atoms with Gasteiger partial charge in [0.2, 0.25) is 11.8 Å². The van der Waals surface area contributed by atoms with Gasteiger partial charge in [0.15, 0.2) is 0 Å². The molecule has 3 rings (SSSR count). The molecular weight excluding hydrogens is 436 g/mol. The Morgan fingerprint density at radius 1 is 0.857 bits per heavy atom. The van der Waals surface area contributed by atoms with Crippen LogP contribution in [0.3, 0.4) is 0 Å². The van der Waals surface area contributed by atoms with Crippen molar-refractivity contribution in [2.75, 3.05) is 13.7 Å². The summed E-state index contributed by atoms with van der Waals surface area (Å²) in [6.45, 7) is 3.07. The van der Waals surface area contributed by atoms with Gasteiger partial charge in [0.25, 0.3) is 0 Å². The minimum atomic E-state index is -0.705. The standard InChI is InChI=1S/C30H36N2O3/c1-3-4-11-22-31-30(34)29(26-14-9-6-10-15-26)32(23-25-16-19-27(35-2)20-17-25)28(33)21-18-24-12-7-5-8-13-24/h5-10,12-17,19-20,29H,3-4,11,18,21-23H2,1-2H3,(H,31,34)/t29-/m0/s1. The van der Waals surface area contributed by atoms with Crippen molar-refractivity contribution >= 4 is 11.8 Å². The number of methoxy groups -OCH3 is 1. The summed E-state index contributed by atoms with van der Waals surface area (Å²) in [5.41, 5.74) is 2.85. The molecule has 0 unspecified atom stereocenters. The van der Waals surface area contributed by atoms with Crippen molar-refractivity contribution < 1.29 is 14.3 Å². The van der Waals surface area contributed by atoms with E-state index in [-0.39, 0.29) is 11.8 Å². The fourth-order valence-corrected chi connectivity index (χ4v) is 4.08. The molecule has 0 aliphatic heterocycles. The highest BCUT2D eigenvalue weighted by Gasteiger charge is 2.31. The lowest BCUT2D eigenvalue weighted by Gasteiger charge is -2.32. The van der Waals surface area contributed by atoms with Gasteiger partial charge in [0.1, 0.15) is 11.8 Å². The lowest BCUT2D eigenvalue weighted by molar-refractivity contribution is -0.141. The number of ether oxygens (including phenoxy) is 1. The summed E-state index contributed by atoms with van der Waals surface area (Å²) in [6.07, 6.45) is 4.01. The number of hydrogen-bond donors (Lipinski definition) is 1. The van der Waals surface area contributed by atoms with E-state index in [4.69, 9.17) is 4.74 Å². The lowest BCUT2D eigenvalue weighted by atomic mass is 10.0. The third-order valence-corrected chi connectivity index (χ3v) is 6.06. The Labute approximate surface area is 209 Å². The van der Waals surface area contributed by atoms with E-state index in [0.717, 1.165) is 41.7 Å². The first-order valence-electron chi connectivity index (χ1n) is 12.4. The maximum atomic E-state index is 13.7. The summed E-state index contributed by atoms with van der Waals surface area (Å²) in [5, 5.41) is 3.08. The van der Waals surface area contributed by atoms with Gasteiger partial charge in [-0.05, 0) is 41.7 Å². The van der Waals surface area contributed by atoms with Crippen LogP contribution in [0.1, 0.15) is 55.3 Å². The number of benzene rings is 3. The Morgan fingerprint density at radius 3 is 2.14 bits per heavy atom. The molecule has 0 aliphatic rings. The summed E-state index contributed by atoms with van der Waals surface area (Å²) < 4.78 is 5.28. The molecule has 35 heavy (non-hydrogen) atoms. The molecule has 0 radical (unpaired) electrons. The molecule has 3 aromatic rings. The van der Waals surface area contributed by atoms with Crippen LogP contribution < -0.4 is 10.1 Å². The van der Waals surface area contributed by atoms with Gasteiger partial charge in [0.05, 0.1) is 7.11 Å². The summed E-state index contributed by atoms with van der Waals surface area (Å²) in [5.74, 6) is 0.556. The molecule has 0 fully saturated rings. The normalized spacial score (nSPS) is 11.5. The third-order valence-electron chi connectivity index (χ3n) is 6.06. The van der Waals surface area contributed by atoms with E-state index in [2.05, 4.69) is 12.2 Å². The zero-order valence-electron chi connectivity index (χ0n) is 20.8. The monoisotopic (exact) mass is 472 g/mol. The molecule has 184 valence electrons. The Balaban J connectivity index is 1.88. The number of unbranched alkanes of at least 4 members (excludes halogenated alkanes) is 2. The molecule has 0 bridgehead atoms. The van der Waals surface area contributed by atoms with Crippen molar-refractivity contribution in [3.8, 4) is 5.75 Å². The van der Waals surface area contributed by atoms with E-state index < -0.39 is 6.04 Å². The molecule has 0 saturated carbocycles. The largest absolute Gasteiger partial charge is 0.497 e. The Hall–Kier alpha value is -3.60. The highest BCUT2D eigenvalue weighted by molar-refractivity contribution is 5.88. The summed E-state index contributed by atoms with van der Waals surface area (Å²) in [4.78, 5) is 28.9. The van der Waals surface area contributed by atoms with Crippen LogP contribution in [0.25, 0.3) is 0 Å². The third kappa shape index (κ3) is 7.99. The molecule has 0 saturated heterocycles. The van der Waals surface area contributed by atoms with Crippen molar-refractivity contribution in [2.24, 2.45) is 0 Å². The van der Waals surface area contributed by atoms with Gasteiger partial charge in [-0.1, -0.05) is 92.6 Å². The molecule has 3 aromatic carbocycles. The zero-order chi connectivity index (χ0) is 24.9. The zero-order valence-corrected chi connectivity index (χ0v) is 20.8. The van der Waals surface area contributed by atoms with Gasteiger partial charge < -0.3 is 15.0 Å². The van der Waals surface area contributed by atoms with Crippen molar-refractivity contribution in [2.45, 2.75) is 51.6 Å². The second-order valence-electron chi connectivity index (χ2n) is 8.67. The van der Waals surface area contributed by atoms with Crippen molar-refractivity contribution in [1.29, 1.82) is 0 Å². The molecule has 5 nitrogen and oxygen atoms in total. The Kier molecular flexibility index (Phi) is 10.4. The van der Waals surface area contributed by atoms with E-state index in [1.165, 1.54) is 0 Å². The average Bonchev–Trinajstić information content (AvgIpc) is 2.91. The first-order chi connectivity index (χ1) is 17.1. The average molecular weight is 473 g/mol. The smallest absolute Gasteiger partial charge is 0.247 e. The van der Waals surface area contributed by atoms with Crippen LogP contribution in [-0.4, -0.2) is 30.4 Å². The molecule has 2 amide bonds. The molecular formula is C30H36N2O3. The quantitative estimate of drug-likeness (QED) is 0.325. The van der Waals surface area contributed by atoms with Gasteiger partial charge in [-0.2, -0.15) is 0 Å². The Morgan fingerprint density at radius 2 is 1.51 bits per heavy atom. The topological polar surface area (TPSA) is 58.6 Å². The van der Waals surface area contributed by atoms with Crippen LogP contribution in [0.15, 0.2) is 84.9 Å². The second-order valence-corrected chi connectivity index (χ2v) is 8.67. The predicted molar refractivity (Wildman–Crippen MR) is 140 cm³/mol. The van der Waals surface area contributed by atoms with E-state index in [0.29, 0.717) is 25.9 Å². The molecule has 0 spiro atoms. The summed E-state index contributed by atoms with van der Waals surface area (Å²) in [6, 6.07) is 26.5. The first kappa shape index (κ1) is 26.0. The van der Waals surface area contributed by atoms with Crippen LogP contribution >= 0.6 is 0 Å².